The van der Waals surface area contributed by atoms with E-state index in [1.165, 1.54) is 11.3 Å². The van der Waals surface area contributed by atoms with Crippen molar-refractivity contribution in [2.45, 2.75) is 51.1 Å². The van der Waals surface area contributed by atoms with E-state index in [4.69, 9.17) is 0 Å². The normalized spacial score (nSPS) is 26.5. The van der Waals surface area contributed by atoms with Crippen LogP contribution in [0.25, 0.3) is 0 Å². The third-order valence-corrected chi connectivity index (χ3v) is 7.24. The summed E-state index contributed by atoms with van der Waals surface area (Å²) in [4.78, 5) is 29.0. The average Bonchev–Trinajstić information content (AvgIpc) is 3.45. The van der Waals surface area contributed by atoms with Crippen molar-refractivity contribution in [1.82, 2.24) is 20.0 Å². The molecule has 0 radical (unpaired) electrons. The number of hydrogen-bond donors (Lipinski definition) is 1. The Morgan fingerprint density at radius 1 is 1.37 bits per heavy atom. The highest BCUT2D eigenvalue weighted by atomic mass is 32.1. The van der Waals surface area contributed by atoms with Crippen LogP contribution in [0.15, 0.2) is 29.8 Å². The molecule has 0 aromatic carbocycles. The maximum Gasteiger partial charge on any atom is 0.264 e. The van der Waals surface area contributed by atoms with Crippen molar-refractivity contribution in [3.05, 3.63) is 40.3 Å². The first-order valence-electron chi connectivity index (χ1n) is 9.68. The summed E-state index contributed by atoms with van der Waals surface area (Å²) >= 11 is 1.48. The Kier molecular flexibility index (Phi) is 4.80. The van der Waals surface area contributed by atoms with Crippen molar-refractivity contribution in [2.75, 3.05) is 6.54 Å². The highest BCUT2D eigenvalue weighted by Crippen LogP contribution is 2.52. The van der Waals surface area contributed by atoms with Crippen LogP contribution in [0, 0.1) is 5.41 Å². The maximum absolute atomic E-state index is 13.2. The monoisotopic (exact) mass is 386 g/mol. The predicted octanol–water partition coefficient (Wildman–Crippen LogP) is 2.61. The summed E-state index contributed by atoms with van der Waals surface area (Å²) in [5.74, 6) is 0.193. The molecule has 6 nitrogen and oxygen atoms in total. The molecule has 2 aromatic rings. The molecule has 2 bridgehead atoms. The van der Waals surface area contributed by atoms with Crippen LogP contribution >= 0.6 is 11.3 Å². The number of amides is 2. The number of aromatic nitrogens is 2. The van der Waals surface area contributed by atoms with Crippen LogP contribution in [0.1, 0.15) is 48.0 Å². The number of rotatable bonds is 6. The van der Waals surface area contributed by atoms with E-state index < -0.39 is 5.41 Å². The van der Waals surface area contributed by atoms with Gasteiger partial charge in [-0.2, -0.15) is 5.10 Å². The van der Waals surface area contributed by atoms with E-state index in [0.29, 0.717) is 6.54 Å². The van der Waals surface area contributed by atoms with Gasteiger partial charge in [-0.05, 0) is 43.2 Å². The van der Waals surface area contributed by atoms with E-state index in [1.807, 2.05) is 40.2 Å². The van der Waals surface area contributed by atoms with Crippen LogP contribution < -0.4 is 5.32 Å². The number of carbonyl (C=O) groups excluding carboxylic acids is 2. The molecule has 144 valence electrons. The second-order valence-electron chi connectivity index (χ2n) is 7.60. The van der Waals surface area contributed by atoms with Crippen LogP contribution in [0.3, 0.4) is 0 Å². The number of hydrogen-bond acceptors (Lipinski definition) is 4. The van der Waals surface area contributed by atoms with E-state index in [1.54, 1.807) is 6.20 Å². The SMILES string of the molecule is CC[C@@]1(C(=O)NCCc2ccnn2C)C[C@@H]2CC[C@H]1N2C(=O)c1cccs1. The summed E-state index contributed by atoms with van der Waals surface area (Å²) in [6, 6.07) is 5.97. The van der Waals surface area contributed by atoms with Crippen LogP contribution in [0.4, 0.5) is 0 Å². The molecule has 2 amide bonds. The Morgan fingerprint density at radius 3 is 2.89 bits per heavy atom. The van der Waals surface area contributed by atoms with Gasteiger partial charge in [-0.25, -0.2) is 0 Å². The van der Waals surface area contributed by atoms with Gasteiger partial charge in [0.25, 0.3) is 5.91 Å². The molecule has 0 unspecified atom stereocenters. The van der Waals surface area contributed by atoms with Gasteiger partial charge in [0.15, 0.2) is 0 Å². The first kappa shape index (κ1) is 18.2. The molecule has 2 saturated heterocycles. The first-order chi connectivity index (χ1) is 13.1. The fraction of sp³-hybridized carbons (Fsp3) is 0.550. The third-order valence-electron chi connectivity index (χ3n) is 6.38. The van der Waals surface area contributed by atoms with Crippen molar-refractivity contribution in [3.8, 4) is 0 Å². The quantitative estimate of drug-likeness (QED) is 0.830. The van der Waals surface area contributed by atoms with Crippen LogP contribution in [0.5, 0.6) is 0 Å². The second-order valence-corrected chi connectivity index (χ2v) is 8.55. The lowest BCUT2D eigenvalue weighted by Crippen LogP contribution is -2.50. The third kappa shape index (κ3) is 2.98. The minimum absolute atomic E-state index is 0.0128. The van der Waals surface area contributed by atoms with E-state index in [-0.39, 0.29) is 23.9 Å². The fourth-order valence-electron chi connectivity index (χ4n) is 4.93. The topological polar surface area (TPSA) is 67.2 Å². The Labute approximate surface area is 163 Å². The summed E-state index contributed by atoms with van der Waals surface area (Å²) in [6.45, 7) is 2.67. The maximum atomic E-state index is 13.2. The van der Waals surface area contributed by atoms with E-state index in [0.717, 1.165) is 42.7 Å². The van der Waals surface area contributed by atoms with Gasteiger partial charge in [0.1, 0.15) is 0 Å². The highest BCUT2D eigenvalue weighted by molar-refractivity contribution is 7.12. The lowest BCUT2D eigenvalue weighted by Gasteiger charge is -2.35. The summed E-state index contributed by atoms with van der Waals surface area (Å²) in [6.07, 6.45) is 6.00. The molecular weight excluding hydrogens is 360 g/mol. The van der Waals surface area contributed by atoms with Gasteiger partial charge in [-0.15, -0.1) is 11.3 Å². The van der Waals surface area contributed by atoms with Gasteiger partial charge in [-0.3, -0.25) is 14.3 Å². The molecule has 1 N–H and O–H groups in total. The first-order valence-corrected chi connectivity index (χ1v) is 10.6. The molecule has 0 saturated carbocycles. The second kappa shape index (κ2) is 7.11. The van der Waals surface area contributed by atoms with Crippen LogP contribution in [0.2, 0.25) is 0 Å². The number of fused-ring (bicyclic) bond motifs is 2. The van der Waals surface area contributed by atoms with Crippen molar-refractivity contribution in [3.63, 3.8) is 0 Å². The van der Waals surface area contributed by atoms with Crippen LogP contribution in [-0.4, -0.2) is 45.1 Å². The number of nitrogens with zero attached hydrogens (tertiary/aromatic N) is 3. The smallest absolute Gasteiger partial charge is 0.264 e. The molecule has 0 spiro atoms. The molecule has 2 aliphatic rings. The lowest BCUT2D eigenvalue weighted by atomic mass is 9.71. The highest BCUT2D eigenvalue weighted by Gasteiger charge is 2.60. The molecule has 4 heterocycles. The lowest BCUT2D eigenvalue weighted by molar-refractivity contribution is -0.132. The predicted molar refractivity (Wildman–Crippen MR) is 105 cm³/mol. The van der Waals surface area contributed by atoms with Gasteiger partial charge in [0, 0.05) is 44.0 Å². The number of aryl methyl sites for hydroxylation is 1. The van der Waals surface area contributed by atoms with Gasteiger partial charge in [-0.1, -0.05) is 13.0 Å². The number of carbonyl (C=O) groups is 2. The molecule has 4 rings (SSSR count). The fourth-order valence-corrected chi connectivity index (χ4v) is 5.60. The Hall–Kier alpha value is -2.15. The summed E-state index contributed by atoms with van der Waals surface area (Å²) in [5.41, 5.74) is 0.644. The number of thiophene rings is 1. The average molecular weight is 387 g/mol. The minimum Gasteiger partial charge on any atom is -0.355 e. The van der Waals surface area contributed by atoms with Crippen LogP contribution in [-0.2, 0) is 18.3 Å². The van der Waals surface area contributed by atoms with Crippen molar-refractivity contribution < 1.29 is 9.59 Å². The van der Waals surface area contributed by atoms with Crippen molar-refractivity contribution in [1.29, 1.82) is 0 Å². The Morgan fingerprint density at radius 2 is 2.22 bits per heavy atom. The Balaban J connectivity index is 1.46. The summed E-state index contributed by atoms with van der Waals surface area (Å²) in [7, 11) is 1.91. The largest absolute Gasteiger partial charge is 0.355 e. The molecule has 27 heavy (non-hydrogen) atoms. The van der Waals surface area contributed by atoms with Crippen molar-refractivity contribution in [2.24, 2.45) is 12.5 Å². The standard InChI is InChI=1S/C20H26N4O2S/c1-3-20(19(26)21-10-8-14-9-11-22-23(14)2)13-15-6-7-17(20)24(15)18(25)16-5-4-12-27-16/h4-5,9,11-12,15,17H,3,6-8,10,13H2,1-2H3,(H,21,26)/t15-,17+,20+/m0/s1. The molecule has 0 aliphatic carbocycles. The molecule has 2 aliphatic heterocycles. The van der Waals surface area contributed by atoms with Gasteiger partial charge >= 0.3 is 0 Å². The zero-order valence-corrected chi connectivity index (χ0v) is 16.7. The van der Waals surface area contributed by atoms with Gasteiger partial charge in [0.05, 0.1) is 10.3 Å². The van der Waals surface area contributed by atoms with E-state index in [2.05, 4.69) is 17.3 Å². The van der Waals surface area contributed by atoms with E-state index in [9.17, 15) is 9.59 Å². The minimum atomic E-state index is -0.456. The Bertz CT molecular complexity index is 831. The summed E-state index contributed by atoms with van der Waals surface area (Å²) in [5, 5.41) is 9.25. The molecule has 7 heteroatoms. The van der Waals surface area contributed by atoms with E-state index >= 15 is 0 Å². The molecule has 3 atom stereocenters. The summed E-state index contributed by atoms with van der Waals surface area (Å²) < 4.78 is 1.83. The number of nitrogens with one attached hydrogen (secondary N) is 1. The van der Waals surface area contributed by atoms with Gasteiger partial charge in [0.2, 0.25) is 5.91 Å². The molecule has 2 fully saturated rings. The molecule has 2 aromatic heterocycles. The zero-order chi connectivity index (χ0) is 19.0. The van der Waals surface area contributed by atoms with Crippen molar-refractivity contribution >= 4 is 23.2 Å². The molecular formula is C20H26N4O2S. The zero-order valence-electron chi connectivity index (χ0n) is 15.9. The van der Waals surface area contributed by atoms with Gasteiger partial charge < -0.3 is 10.2 Å².